The summed E-state index contributed by atoms with van der Waals surface area (Å²) in [5.74, 6) is 0.369. The molecule has 0 aliphatic heterocycles. The van der Waals surface area contributed by atoms with E-state index in [-0.39, 0.29) is 4.90 Å². The highest BCUT2D eigenvalue weighted by molar-refractivity contribution is 7.92. The van der Waals surface area contributed by atoms with Gasteiger partial charge in [-0.25, -0.2) is 8.42 Å². The third-order valence-corrected chi connectivity index (χ3v) is 6.99. The summed E-state index contributed by atoms with van der Waals surface area (Å²) >= 11 is 6.10. The van der Waals surface area contributed by atoms with Crippen LogP contribution in [0.1, 0.15) is 15.9 Å². The van der Waals surface area contributed by atoms with E-state index in [0.717, 1.165) is 5.56 Å². The van der Waals surface area contributed by atoms with E-state index in [9.17, 15) is 13.2 Å². The fraction of sp³-hybridized carbons (Fsp3) is 0.174. The number of anilines is 2. The Hall–Kier alpha value is -3.23. The lowest BCUT2D eigenvalue weighted by atomic mass is 10.2. The molecule has 9 heteroatoms. The Morgan fingerprint density at radius 2 is 1.53 bits per heavy atom. The summed E-state index contributed by atoms with van der Waals surface area (Å²) in [7, 11) is 0.683. The monoisotopic (exact) mass is 474 g/mol. The quantitative estimate of drug-likeness (QED) is 0.534. The van der Waals surface area contributed by atoms with E-state index in [2.05, 4.69) is 5.32 Å². The minimum atomic E-state index is -3.72. The molecule has 168 valence electrons. The lowest BCUT2D eigenvalue weighted by Gasteiger charge is -2.20. The first kappa shape index (κ1) is 23.4. The Kier molecular flexibility index (Phi) is 6.96. The van der Waals surface area contributed by atoms with E-state index in [1.54, 1.807) is 60.7 Å². The molecule has 0 spiro atoms. The number of halogens is 1. The molecule has 0 radical (unpaired) electrons. The molecule has 0 saturated carbocycles. The smallest absolute Gasteiger partial charge is 0.264 e. The van der Waals surface area contributed by atoms with E-state index >= 15 is 0 Å². The number of nitrogens with one attached hydrogen (secondary N) is 1. The van der Waals surface area contributed by atoms with Crippen molar-refractivity contribution < 1.29 is 22.7 Å². The van der Waals surface area contributed by atoms with Crippen molar-refractivity contribution in [3.05, 3.63) is 76.8 Å². The first-order valence-electron chi connectivity index (χ1n) is 9.56. The molecular weight excluding hydrogens is 452 g/mol. The third-order valence-electron chi connectivity index (χ3n) is 4.89. The number of carbonyl (C=O) groups is 1. The van der Waals surface area contributed by atoms with Gasteiger partial charge in [0.1, 0.15) is 11.5 Å². The standard InChI is InChI=1S/C23H23ClN2O5S/c1-15-5-11-18(12-6-15)32(28,29)26(2)17-9-7-16(8-10-17)23(27)25-20-14-21(30-3)19(24)13-22(20)31-4/h5-14H,1-4H3,(H,25,27). The summed E-state index contributed by atoms with van der Waals surface area (Å²) in [5.41, 5.74) is 2.12. The Bertz CT molecular complexity index is 1230. The predicted octanol–water partition coefficient (Wildman–Crippen LogP) is 4.74. The summed E-state index contributed by atoms with van der Waals surface area (Å²) in [6.07, 6.45) is 0. The minimum Gasteiger partial charge on any atom is -0.495 e. The number of rotatable bonds is 7. The zero-order valence-corrected chi connectivity index (χ0v) is 19.6. The van der Waals surface area contributed by atoms with Gasteiger partial charge in [-0.05, 0) is 43.3 Å². The zero-order chi connectivity index (χ0) is 23.5. The van der Waals surface area contributed by atoms with Crippen molar-refractivity contribution >= 4 is 38.9 Å². The molecule has 1 amide bonds. The molecular formula is C23H23ClN2O5S. The maximum atomic E-state index is 12.9. The average molecular weight is 475 g/mol. The number of hydrogen-bond donors (Lipinski definition) is 1. The number of nitrogens with zero attached hydrogens (tertiary/aromatic N) is 1. The number of aryl methyl sites for hydroxylation is 1. The second-order valence-electron chi connectivity index (χ2n) is 6.97. The third kappa shape index (κ3) is 4.81. The molecule has 0 aliphatic carbocycles. The van der Waals surface area contributed by atoms with Gasteiger partial charge in [-0.2, -0.15) is 0 Å². The van der Waals surface area contributed by atoms with E-state index in [0.29, 0.717) is 33.5 Å². The van der Waals surface area contributed by atoms with Gasteiger partial charge in [-0.15, -0.1) is 0 Å². The molecule has 0 atom stereocenters. The highest BCUT2D eigenvalue weighted by Crippen LogP contribution is 2.36. The van der Waals surface area contributed by atoms with Crippen molar-refractivity contribution in [1.29, 1.82) is 0 Å². The first-order valence-corrected chi connectivity index (χ1v) is 11.4. The molecule has 3 aromatic carbocycles. The number of sulfonamides is 1. The van der Waals surface area contributed by atoms with Crippen LogP contribution in [-0.2, 0) is 10.0 Å². The first-order chi connectivity index (χ1) is 15.2. The summed E-state index contributed by atoms with van der Waals surface area (Å²) in [6, 6.07) is 16.0. The van der Waals surface area contributed by atoms with Gasteiger partial charge in [-0.3, -0.25) is 9.10 Å². The fourth-order valence-corrected chi connectivity index (χ4v) is 4.41. The largest absolute Gasteiger partial charge is 0.495 e. The average Bonchev–Trinajstić information content (AvgIpc) is 2.79. The number of benzene rings is 3. The SMILES string of the molecule is COc1cc(NC(=O)c2ccc(N(C)S(=O)(=O)c3ccc(C)cc3)cc2)c(OC)cc1Cl. The maximum absolute atomic E-state index is 12.9. The number of hydrogen-bond acceptors (Lipinski definition) is 5. The Morgan fingerprint density at radius 1 is 0.938 bits per heavy atom. The van der Waals surface area contributed by atoms with Crippen molar-refractivity contribution in [2.24, 2.45) is 0 Å². The Morgan fingerprint density at radius 3 is 2.09 bits per heavy atom. The molecule has 0 bridgehead atoms. The van der Waals surface area contributed by atoms with Crippen LogP contribution in [0.2, 0.25) is 5.02 Å². The van der Waals surface area contributed by atoms with Crippen molar-refractivity contribution in [2.75, 3.05) is 30.9 Å². The van der Waals surface area contributed by atoms with Crippen molar-refractivity contribution in [3.8, 4) is 11.5 Å². The normalized spacial score (nSPS) is 11.0. The molecule has 0 aromatic heterocycles. The summed E-state index contributed by atoms with van der Waals surface area (Å²) in [4.78, 5) is 12.9. The van der Waals surface area contributed by atoms with E-state index < -0.39 is 15.9 Å². The molecule has 7 nitrogen and oxygen atoms in total. The summed E-state index contributed by atoms with van der Waals surface area (Å²) < 4.78 is 37.4. The minimum absolute atomic E-state index is 0.191. The molecule has 3 rings (SSSR count). The van der Waals surface area contributed by atoms with Crippen LogP contribution in [0.15, 0.2) is 65.6 Å². The van der Waals surface area contributed by atoms with Crippen LogP contribution in [0, 0.1) is 6.92 Å². The number of carbonyl (C=O) groups excluding carboxylic acids is 1. The molecule has 0 saturated heterocycles. The van der Waals surface area contributed by atoms with Crippen LogP contribution in [0.4, 0.5) is 11.4 Å². The van der Waals surface area contributed by atoms with E-state index in [4.69, 9.17) is 21.1 Å². The van der Waals surface area contributed by atoms with Gasteiger partial charge in [0.05, 0.1) is 35.5 Å². The van der Waals surface area contributed by atoms with Crippen molar-refractivity contribution in [1.82, 2.24) is 0 Å². The van der Waals surface area contributed by atoms with Crippen molar-refractivity contribution in [3.63, 3.8) is 0 Å². The molecule has 0 aliphatic rings. The number of amides is 1. The summed E-state index contributed by atoms with van der Waals surface area (Å²) in [6.45, 7) is 1.89. The van der Waals surface area contributed by atoms with Crippen LogP contribution in [-0.4, -0.2) is 35.6 Å². The number of ether oxygens (including phenoxy) is 2. The van der Waals surface area contributed by atoms with Crippen LogP contribution in [0.3, 0.4) is 0 Å². The molecule has 1 N–H and O–H groups in total. The zero-order valence-electron chi connectivity index (χ0n) is 18.0. The van der Waals surface area contributed by atoms with Crippen LogP contribution >= 0.6 is 11.6 Å². The molecule has 0 fully saturated rings. The fourth-order valence-electron chi connectivity index (χ4n) is 2.98. The highest BCUT2D eigenvalue weighted by Gasteiger charge is 2.21. The molecule has 0 heterocycles. The lowest BCUT2D eigenvalue weighted by molar-refractivity contribution is 0.102. The van der Waals surface area contributed by atoms with Gasteiger partial charge in [-0.1, -0.05) is 29.3 Å². The second kappa shape index (κ2) is 9.50. The van der Waals surface area contributed by atoms with Crippen LogP contribution < -0.4 is 19.1 Å². The number of methoxy groups -OCH3 is 2. The van der Waals surface area contributed by atoms with E-state index in [1.807, 2.05) is 6.92 Å². The van der Waals surface area contributed by atoms with Crippen LogP contribution in [0.25, 0.3) is 0 Å². The second-order valence-corrected chi connectivity index (χ2v) is 9.35. The van der Waals surface area contributed by atoms with Gasteiger partial charge in [0, 0.05) is 24.7 Å². The lowest BCUT2D eigenvalue weighted by Crippen LogP contribution is -2.26. The molecule has 3 aromatic rings. The van der Waals surface area contributed by atoms with Crippen LogP contribution in [0.5, 0.6) is 11.5 Å². The maximum Gasteiger partial charge on any atom is 0.264 e. The Balaban J connectivity index is 1.81. The van der Waals surface area contributed by atoms with Gasteiger partial charge >= 0.3 is 0 Å². The van der Waals surface area contributed by atoms with E-state index in [1.165, 1.54) is 25.6 Å². The van der Waals surface area contributed by atoms with Gasteiger partial charge in [0.2, 0.25) is 0 Å². The Labute approximate surface area is 192 Å². The highest BCUT2D eigenvalue weighted by atomic mass is 35.5. The topological polar surface area (TPSA) is 84.9 Å². The van der Waals surface area contributed by atoms with Crippen molar-refractivity contribution in [2.45, 2.75) is 11.8 Å². The van der Waals surface area contributed by atoms with Gasteiger partial charge in [0.15, 0.2) is 0 Å². The predicted molar refractivity (Wildman–Crippen MR) is 126 cm³/mol. The van der Waals surface area contributed by atoms with Gasteiger partial charge < -0.3 is 14.8 Å². The molecule has 32 heavy (non-hydrogen) atoms. The molecule has 0 unspecified atom stereocenters. The summed E-state index contributed by atoms with van der Waals surface area (Å²) in [5, 5.41) is 3.11. The van der Waals surface area contributed by atoms with Gasteiger partial charge in [0.25, 0.3) is 15.9 Å².